The van der Waals surface area contributed by atoms with E-state index in [9.17, 15) is 17.6 Å². The highest BCUT2D eigenvalue weighted by molar-refractivity contribution is 5.79. The largest absolute Gasteiger partial charge is 0.433 e. The lowest BCUT2D eigenvalue weighted by molar-refractivity contribution is -0.141. The van der Waals surface area contributed by atoms with Crippen molar-refractivity contribution < 1.29 is 17.6 Å². The zero-order valence-electron chi connectivity index (χ0n) is 14.1. The van der Waals surface area contributed by atoms with E-state index in [0.717, 1.165) is 17.0 Å². The summed E-state index contributed by atoms with van der Waals surface area (Å²) in [4.78, 5) is 7.47. The van der Waals surface area contributed by atoms with Gasteiger partial charge in [-0.25, -0.2) is 20.1 Å². The van der Waals surface area contributed by atoms with E-state index in [-0.39, 0.29) is 17.2 Å². The van der Waals surface area contributed by atoms with Crippen molar-refractivity contribution in [3.05, 3.63) is 59.8 Å². The van der Waals surface area contributed by atoms with Crippen LogP contribution in [-0.2, 0) is 12.7 Å². The van der Waals surface area contributed by atoms with Crippen LogP contribution in [0.5, 0.6) is 0 Å². The van der Waals surface area contributed by atoms with Gasteiger partial charge in [0.15, 0.2) is 5.69 Å². The third-order valence-electron chi connectivity index (χ3n) is 3.55. The number of anilines is 1. The van der Waals surface area contributed by atoms with Crippen LogP contribution in [0.15, 0.2) is 47.7 Å². The van der Waals surface area contributed by atoms with Crippen LogP contribution in [0.2, 0.25) is 0 Å². The standard InChI is InChI=1S/C17H14F4N6/c1-2-27-15(18)12(10-23-27)9-22-26-16-24-13(11-6-4-3-5-7-11)8-14(25-16)17(19,20)21/h3-10H,2H2,1H3,(H,24,25,26)/b22-9+. The lowest BCUT2D eigenvalue weighted by Gasteiger charge is -2.10. The predicted molar refractivity (Wildman–Crippen MR) is 91.5 cm³/mol. The molecule has 0 unspecified atom stereocenters. The van der Waals surface area contributed by atoms with Gasteiger partial charge in [-0.1, -0.05) is 30.3 Å². The van der Waals surface area contributed by atoms with Crippen molar-refractivity contribution in [1.29, 1.82) is 0 Å². The summed E-state index contributed by atoms with van der Waals surface area (Å²) in [6.07, 6.45) is -2.30. The Morgan fingerprint density at radius 1 is 1.19 bits per heavy atom. The quantitative estimate of drug-likeness (QED) is 0.415. The second kappa shape index (κ2) is 7.52. The third kappa shape index (κ3) is 4.27. The number of aromatic nitrogens is 4. The predicted octanol–water partition coefficient (Wildman–Crippen LogP) is 3.96. The van der Waals surface area contributed by atoms with Gasteiger partial charge in [0.2, 0.25) is 11.9 Å². The van der Waals surface area contributed by atoms with Crippen LogP contribution in [0.1, 0.15) is 18.2 Å². The number of alkyl halides is 3. The van der Waals surface area contributed by atoms with Gasteiger partial charge in [0, 0.05) is 12.1 Å². The molecule has 2 heterocycles. The zero-order valence-corrected chi connectivity index (χ0v) is 14.1. The van der Waals surface area contributed by atoms with Crippen LogP contribution >= 0.6 is 0 Å². The van der Waals surface area contributed by atoms with Crippen LogP contribution in [0.3, 0.4) is 0 Å². The van der Waals surface area contributed by atoms with Gasteiger partial charge in [-0.2, -0.15) is 27.8 Å². The fourth-order valence-corrected chi connectivity index (χ4v) is 2.25. The molecule has 0 amide bonds. The summed E-state index contributed by atoms with van der Waals surface area (Å²) in [6, 6.07) is 9.22. The number of nitrogens with zero attached hydrogens (tertiary/aromatic N) is 5. The van der Waals surface area contributed by atoms with Gasteiger partial charge in [-0.15, -0.1) is 0 Å². The monoisotopic (exact) mass is 378 g/mol. The van der Waals surface area contributed by atoms with Crippen LogP contribution in [0.25, 0.3) is 11.3 Å². The summed E-state index contributed by atoms with van der Waals surface area (Å²) in [5, 5.41) is 7.52. The molecule has 10 heteroatoms. The molecule has 27 heavy (non-hydrogen) atoms. The highest BCUT2D eigenvalue weighted by Gasteiger charge is 2.33. The maximum Gasteiger partial charge on any atom is 0.433 e. The SMILES string of the molecule is CCn1ncc(/C=N/Nc2nc(-c3ccccc3)cc(C(F)(F)F)n2)c1F. The number of rotatable bonds is 5. The first-order valence-corrected chi connectivity index (χ1v) is 7.90. The Balaban J connectivity index is 1.90. The van der Waals surface area contributed by atoms with Gasteiger partial charge < -0.3 is 0 Å². The van der Waals surface area contributed by atoms with Crippen LogP contribution in [0.4, 0.5) is 23.5 Å². The van der Waals surface area contributed by atoms with Crippen molar-refractivity contribution in [2.24, 2.45) is 5.10 Å². The van der Waals surface area contributed by atoms with Crippen molar-refractivity contribution in [2.45, 2.75) is 19.6 Å². The van der Waals surface area contributed by atoms with Crippen LogP contribution < -0.4 is 5.43 Å². The molecule has 3 rings (SSSR count). The van der Waals surface area contributed by atoms with E-state index >= 15 is 0 Å². The highest BCUT2D eigenvalue weighted by atomic mass is 19.4. The van der Waals surface area contributed by atoms with Crippen molar-refractivity contribution in [3.63, 3.8) is 0 Å². The minimum absolute atomic E-state index is 0.0830. The number of hydrogen-bond donors (Lipinski definition) is 1. The molecule has 1 N–H and O–H groups in total. The van der Waals surface area contributed by atoms with Gasteiger partial charge in [0.05, 0.1) is 23.7 Å². The Hall–Kier alpha value is -3.30. The molecule has 1 aromatic carbocycles. The van der Waals surface area contributed by atoms with E-state index in [1.807, 2.05) is 0 Å². The molecule has 0 aliphatic carbocycles. The van der Waals surface area contributed by atoms with E-state index in [1.165, 1.54) is 6.20 Å². The molecule has 2 aromatic heterocycles. The first-order valence-electron chi connectivity index (χ1n) is 7.90. The summed E-state index contributed by atoms with van der Waals surface area (Å²) in [5.41, 5.74) is 1.86. The summed E-state index contributed by atoms with van der Waals surface area (Å²) in [5.74, 6) is -0.957. The smallest absolute Gasteiger partial charge is 0.245 e. The lowest BCUT2D eigenvalue weighted by Crippen LogP contribution is -2.11. The fraction of sp³-hybridized carbons (Fsp3) is 0.176. The molecular formula is C17H14F4N6. The second-order valence-corrected chi connectivity index (χ2v) is 5.40. The van der Waals surface area contributed by atoms with Gasteiger partial charge in [-0.3, -0.25) is 0 Å². The maximum absolute atomic E-state index is 13.9. The van der Waals surface area contributed by atoms with E-state index in [0.29, 0.717) is 12.1 Å². The summed E-state index contributed by atoms with van der Waals surface area (Å²) in [6.45, 7) is 2.06. The molecular weight excluding hydrogens is 364 g/mol. The van der Waals surface area contributed by atoms with E-state index < -0.39 is 17.8 Å². The molecule has 3 aromatic rings. The zero-order chi connectivity index (χ0) is 19.4. The average molecular weight is 378 g/mol. The van der Waals surface area contributed by atoms with Crippen molar-refractivity contribution in [3.8, 4) is 11.3 Å². The Morgan fingerprint density at radius 3 is 2.56 bits per heavy atom. The van der Waals surface area contributed by atoms with Gasteiger partial charge in [-0.05, 0) is 13.0 Å². The van der Waals surface area contributed by atoms with Crippen LogP contribution in [-0.4, -0.2) is 26.0 Å². The normalized spacial score (nSPS) is 11.9. The topological polar surface area (TPSA) is 68.0 Å². The third-order valence-corrected chi connectivity index (χ3v) is 3.55. The number of benzene rings is 1. The Bertz CT molecular complexity index is 950. The molecule has 6 nitrogen and oxygen atoms in total. The van der Waals surface area contributed by atoms with Crippen molar-refractivity contribution >= 4 is 12.2 Å². The number of hydrazone groups is 1. The molecule has 0 saturated heterocycles. The summed E-state index contributed by atoms with van der Waals surface area (Å²) >= 11 is 0. The second-order valence-electron chi connectivity index (χ2n) is 5.40. The van der Waals surface area contributed by atoms with Gasteiger partial charge in [0.25, 0.3) is 0 Å². The van der Waals surface area contributed by atoms with Crippen molar-refractivity contribution in [2.75, 3.05) is 5.43 Å². The Morgan fingerprint density at radius 2 is 1.93 bits per heavy atom. The van der Waals surface area contributed by atoms with E-state index in [1.54, 1.807) is 37.3 Å². The molecule has 0 aliphatic heterocycles. The Labute approximate surface area is 151 Å². The molecule has 0 aliphatic rings. The lowest BCUT2D eigenvalue weighted by atomic mass is 10.1. The minimum Gasteiger partial charge on any atom is -0.245 e. The summed E-state index contributed by atoms with van der Waals surface area (Å²) < 4.78 is 54.4. The van der Waals surface area contributed by atoms with E-state index in [4.69, 9.17) is 0 Å². The highest BCUT2D eigenvalue weighted by Crippen LogP contribution is 2.31. The molecule has 0 bridgehead atoms. The minimum atomic E-state index is -4.65. The number of halogens is 4. The molecule has 0 spiro atoms. The Kier molecular flexibility index (Phi) is 5.15. The summed E-state index contributed by atoms with van der Waals surface area (Å²) in [7, 11) is 0. The molecule has 0 radical (unpaired) electrons. The fourth-order valence-electron chi connectivity index (χ4n) is 2.25. The number of hydrogen-bond acceptors (Lipinski definition) is 5. The molecule has 0 atom stereocenters. The van der Waals surface area contributed by atoms with Crippen LogP contribution in [0, 0.1) is 5.95 Å². The average Bonchev–Trinajstić information content (AvgIpc) is 3.01. The first-order chi connectivity index (χ1) is 12.9. The van der Waals surface area contributed by atoms with Gasteiger partial charge in [0.1, 0.15) is 0 Å². The molecule has 0 saturated carbocycles. The van der Waals surface area contributed by atoms with Gasteiger partial charge >= 0.3 is 6.18 Å². The van der Waals surface area contributed by atoms with E-state index in [2.05, 4.69) is 25.6 Å². The first kappa shape index (κ1) is 18.5. The van der Waals surface area contributed by atoms with Crippen molar-refractivity contribution in [1.82, 2.24) is 19.7 Å². The maximum atomic E-state index is 13.9. The number of nitrogens with one attached hydrogen (secondary N) is 1. The number of aryl methyl sites for hydroxylation is 1. The molecule has 0 fully saturated rings. The molecule has 140 valence electrons.